The number of nitriles is 1. The zero-order chi connectivity index (χ0) is 16.4. The Morgan fingerprint density at radius 2 is 2.09 bits per heavy atom. The van der Waals surface area contributed by atoms with Gasteiger partial charge in [0.2, 0.25) is 10.0 Å². The highest BCUT2D eigenvalue weighted by Crippen LogP contribution is 2.32. The maximum absolute atomic E-state index is 12.7. The van der Waals surface area contributed by atoms with Crippen LogP contribution in [0.5, 0.6) is 0 Å². The van der Waals surface area contributed by atoms with E-state index in [0.29, 0.717) is 19.0 Å². The second-order valence-corrected chi connectivity index (χ2v) is 6.70. The molecule has 0 spiro atoms. The summed E-state index contributed by atoms with van der Waals surface area (Å²) < 4.78 is 65.0. The third-order valence-electron chi connectivity index (χ3n) is 3.35. The van der Waals surface area contributed by atoms with Gasteiger partial charge in [-0.05, 0) is 37.6 Å². The molecule has 0 saturated carbocycles. The molecule has 1 heterocycles. The molecule has 1 aliphatic rings. The first-order valence-electron chi connectivity index (χ1n) is 6.58. The zero-order valence-electron chi connectivity index (χ0n) is 11.4. The first-order chi connectivity index (χ1) is 10.2. The normalized spacial score (nSPS) is 19.6. The van der Waals surface area contributed by atoms with Crippen LogP contribution in [0.4, 0.5) is 13.2 Å². The first kappa shape index (κ1) is 16.7. The quantitative estimate of drug-likeness (QED) is 0.880. The van der Waals surface area contributed by atoms with Crippen LogP contribution in [-0.2, 0) is 16.2 Å². The Morgan fingerprint density at radius 3 is 2.64 bits per heavy atom. The molecule has 0 bridgehead atoms. The van der Waals surface area contributed by atoms with Crippen molar-refractivity contribution in [1.29, 1.82) is 5.26 Å². The van der Waals surface area contributed by atoms with E-state index in [-0.39, 0.29) is 10.9 Å². The van der Waals surface area contributed by atoms with Gasteiger partial charge in [-0.25, -0.2) is 13.1 Å². The molecule has 1 aliphatic heterocycles. The number of rotatable bonds is 3. The number of piperidine rings is 1. The predicted octanol–water partition coefficient (Wildman–Crippen LogP) is 1.61. The summed E-state index contributed by atoms with van der Waals surface area (Å²) in [6, 6.07) is 3.31. The molecular formula is C13H14F3N3O2S. The van der Waals surface area contributed by atoms with Crippen LogP contribution in [0.3, 0.4) is 0 Å². The van der Waals surface area contributed by atoms with Crippen LogP contribution in [0.15, 0.2) is 23.1 Å². The summed E-state index contributed by atoms with van der Waals surface area (Å²) in [5.41, 5.74) is -1.86. The van der Waals surface area contributed by atoms with Crippen molar-refractivity contribution in [3.8, 4) is 6.07 Å². The number of hydrogen-bond acceptors (Lipinski definition) is 4. The van der Waals surface area contributed by atoms with Crippen molar-refractivity contribution in [2.24, 2.45) is 0 Å². The van der Waals surface area contributed by atoms with Crippen LogP contribution in [0.1, 0.15) is 24.0 Å². The summed E-state index contributed by atoms with van der Waals surface area (Å²) >= 11 is 0. The highest BCUT2D eigenvalue weighted by molar-refractivity contribution is 7.89. The molecule has 0 aliphatic carbocycles. The van der Waals surface area contributed by atoms with Crippen LogP contribution in [0.2, 0.25) is 0 Å². The zero-order valence-corrected chi connectivity index (χ0v) is 12.3. The van der Waals surface area contributed by atoms with Crippen LogP contribution in [0.25, 0.3) is 0 Å². The Labute approximate surface area is 126 Å². The number of hydrogen-bond donors (Lipinski definition) is 2. The maximum atomic E-state index is 12.7. The van der Waals surface area contributed by atoms with E-state index in [4.69, 9.17) is 5.26 Å². The predicted molar refractivity (Wildman–Crippen MR) is 72.4 cm³/mol. The molecule has 1 fully saturated rings. The molecule has 2 rings (SSSR count). The van der Waals surface area contributed by atoms with Gasteiger partial charge in [-0.2, -0.15) is 18.4 Å². The lowest BCUT2D eigenvalue weighted by atomic mass is 10.1. The fraction of sp³-hybridized carbons (Fsp3) is 0.462. The van der Waals surface area contributed by atoms with Crippen molar-refractivity contribution in [2.45, 2.75) is 30.0 Å². The van der Waals surface area contributed by atoms with Crippen LogP contribution in [0, 0.1) is 11.3 Å². The van der Waals surface area contributed by atoms with Crippen LogP contribution < -0.4 is 10.0 Å². The summed E-state index contributed by atoms with van der Waals surface area (Å²) in [5.74, 6) is 0. The van der Waals surface area contributed by atoms with Crippen molar-refractivity contribution in [2.75, 3.05) is 13.1 Å². The maximum Gasteiger partial charge on any atom is 0.417 e. The Morgan fingerprint density at radius 1 is 1.36 bits per heavy atom. The summed E-state index contributed by atoms with van der Waals surface area (Å²) in [4.78, 5) is -0.345. The Bertz CT molecular complexity index is 689. The highest BCUT2D eigenvalue weighted by atomic mass is 32.2. The summed E-state index contributed by atoms with van der Waals surface area (Å²) in [5, 5.41) is 11.9. The van der Waals surface area contributed by atoms with E-state index in [1.165, 1.54) is 6.07 Å². The Hall–Kier alpha value is -1.63. The topological polar surface area (TPSA) is 82.0 Å². The molecule has 1 aromatic rings. The van der Waals surface area contributed by atoms with Gasteiger partial charge in [0.1, 0.15) is 0 Å². The van der Waals surface area contributed by atoms with E-state index in [1.54, 1.807) is 0 Å². The third-order valence-corrected chi connectivity index (χ3v) is 4.86. The summed E-state index contributed by atoms with van der Waals surface area (Å²) in [6.45, 7) is 1.27. The Kier molecular flexibility index (Phi) is 4.75. The van der Waals surface area contributed by atoms with E-state index < -0.39 is 27.3 Å². The molecule has 1 saturated heterocycles. The molecule has 9 heteroatoms. The number of nitrogens with one attached hydrogen (secondary N) is 2. The van der Waals surface area contributed by atoms with E-state index in [2.05, 4.69) is 10.0 Å². The minimum Gasteiger partial charge on any atom is -0.315 e. The molecule has 0 aromatic heterocycles. The van der Waals surface area contributed by atoms with Crippen LogP contribution in [-0.4, -0.2) is 27.5 Å². The number of benzene rings is 1. The van der Waals surface area contributed by atoms with E-state index in [0.717, 1.165) is 25.1 Å². The minimum atomic E-state index is -4.70. The van der Waals surface area contributed by atoms with Crippen molar-refractivity contribution in [1.82, 2.24) is 10.0 Å². The van der Waals surface area contributed by atoms with Gasteiger partial charge in [0.15, 0.2) is 0 Å². The number of nitrogens with zero attached hydrogens (tertiary/aromatic N) is 1. The molecule has 2 N–H and O–H groups in total. The second kappa shape index (κ2) is 6.24. The first-order valence-corrected chi connectivity index (χ1v) is 8.07. The van der Waals surface area contributed by atoms with Gasteiger partial charge < -0.3 is 5.32 Å². The molecule has 1 aromatic carbocycles. The lowest BCUT2D eigenvalue weighted by molar-refractivity contribution is -0.137. The SMILES string of the molecule is N#Cc1cc(S(=O)(=O)NC2CCCNC2)ccc1C(F)(F)F. The van der Waals surface area contributed by atoms with Crippen LogP contribution >= 0.6 is 0 Å². The third kappa shape index (κ3) is 3.76. The number of sulfonamides is 1. The molecule has 1 unspecified atom stereocenters. The molecule has 22 heavy (non-hydrogen) atoms. The smallest absolute Gasteiger partial charge is 0.315 e. The van der Waals surface area contributed by atoms with E-state index in [1.807, 2.05) is 0 Å². The average molecular weight is 333 g/mol. The van der Waals surface area contributed by atoms with Gasteiger partial charge in [0.25, 0.3) is 0 Å². The molecule has 5 nitrogen and oxygen atoms in total. The monoisotopic (exact) mass is 333 g/mol. The van der Waals surface area contributed by atoms with Crippen molar-refractivity contribution in [3.05, 3.63) is 29.3 Å². The lowest BCUT2D eigenvalue weighted by Crippen LogP contribution is -2.45. The molecular weight excluding hydrogens is 319 g/mol. The second-order valence-electron chi connectivity index (χ2n) is 4.98. The minimum absolute atomic E-state index is 0.313. The van der Waals surface area contributed by atoms with Gasteiger partial charge >= 0.3 is 6.18 Å². The van der Waals surface area contributed by atoms with Crippen molar-refractivity contribution >= 4 is 10.0 Å². The highest BCUT2D eigenvalue weighted by Gasteiger charge is 2.34. The van der Waals surface area contributed by atoms with Crippen molar-refractivity contribution < 1.29 is 21.6 Å². The number of halogens is 3. The largest absolute Gasteiger partial charge is 0.417 e. The van der Waals surface area contributed by atoms with Crippen molar-refractivity contribution in [3.63, 3.8) is 0 Å². The summed E-state index contributed by atoms with van der Waals surface area (Å²) in [7, 11) is -3.96. The average Bonchev–Trinajstić information content (AvgIpc) is 2.46. The van der Waals surface area contributed by atoms with E-state index in [9.17, 15) is 21.6 Å². The fourth-order valence-corrected chi connectivity index (χ4v) is 3.57. The van der Waals surface area contributed by atoms with Gasteiger partial charge in [-0.15, -0.1) is 0 Å². The van der Waals surface area contributed by atoms with Gasteiger partial charge in [0.05, 0.1) is 22.1 Å². The molecule has 0 amide bonds. The van der Waals surface area contributed by atoms with Gasteiger partial charge in [-0.1, -0.05) is 0 Å². The standard InChI is InChI=1S/C13H14F3N3O2S/c14-13(15,16)12-4-3-11(6-9(12)7-17)22(20,21)19-10-2-1-5-18-8-10/h3-4,6,10,18-19H,1-2,5,8H2. The lowest BCUT2D eigenvalue weighted by Gasteiger charge is -2.23. The van der Waals surface area contributed by atoms with E-state index >= 15 is 0 Å². The van der Waals surface area contributed by atoms with Gasteiger partial charge in [-0.3, -0.25) is 0 Å². The summed E-state index contributed by atoms with van der Waals surface area (Å²) in [6.07, 6.45) is -3.24. The Balaban J connectivity index is 2.30. The molecule has 1 atom stereocenters. The van der Waals surface area contributed by atoms with Gasteiger partial charge in [0, 0.05) is 12.6 Å². The fourth-order valence-electron chi connectivity index (χ4n) is 2.27. The molecule has 120 valence electrons. The number of alkyl halides is 3. The molecule has 0 radical (unpaired) electrons.